The molecule has 4 N–H and O–H groups in total. The van der Waals surface area contributed by atoms with E-state index in [4.69, 9.17) is 5.73 Å². The van der Waals surface area contributed by atoms with E-state index >= 15 is 0 Å². The van der Waals surface area contributed by atoms with Crippen molar-refractivity contribution in [3.63, 3.8) is 0 Å². The summed E-state index contributed by atoms with van der Waals surface area (Å²) in [5.41, 5.74) is 2.21. The minimum Gasteiger partial charge on any atom is -0.402 e. The molecule has 0 radical (unpaired) electrons. The standard InChI is InChI=1S/C8H7F6N3O3S/c9-7(10,11)6-5(20-8(12,13)14)4(21(16,18)19)1-3(2-15)17-6/h1H,2,15H2,(H2,16,18,19). The third-order valence-electron chi connectivity index (χ3n) is 1.99. The van der Waals surface area contributed by atoms with Crippen LogP contribution in [0, 0.1) is 0 Å². The first-order chi connectivity index (χ1) is 9.25. The van der Waals surface area contributed by atoms with Crippen LogP contribution in [0.15, 0.2) is 11.0 Å². The lowest BCUT2D eigenvalue weighted by Gasteiger charge is -2.18. The zero-order valence-corrected chi connectivity index (χ0v) is 10.6. The number of nitrogens with zero attached hydrogens (tertiary/aromatic N) is 1. The van der Waals surface area contributed by atoms with Crippen LogP contribution in [0.1, 0.15) is 11.4 Å². The molecule has 1 heterocycles. The van der Waals surface area contributed by atoms with Gasteiger partial charge in [0, 0.05) is 6.54 Å². The molecule has 0 amide bonds. The van der Waals surface area contributed by atoms with Crippen LogP contribution in [0.3, 0.4) is 0 Å². The summed E-state index contributed by atoms with van der Waals surface area (Å²) in [5, 5.41) is 4.60. The normalized spacial score (nSPS) is 13.3. The van der Waals surface area contributed by atoms with Crippen molar-refractivity contribution in [1.29, 1.82) is 0 Å². The summed E-state index contributed by atoms with van der Waals surface area (Å²) in [7, 11) is -4.94. The van der Waals surface area contributed by atoms with Gasteiger partial charge in [-0.2, -0.15) is 13.2 Å². The Morgan fingerprint density at radius 1 is 1.19 bits per heavy atom. The molecule has 0 aliphatic carbocycles. The average molecular weight is 339 g/mol. The highest BCUT2D eigenvalue weighted by Gasteiger charge is 2.44. The van der Waals surface area contributed by atoms with Crippen LogP contribution in [0.2, 0.25) is 0 Å². The fraction of sp³-hybridized carbons (Fsp3) is 0.375. The van der Waals surface area contributed by atoms with Crippen molar-refractivity contribution in [1.82, 2.24) is 4.98 Å². The van der Waals surface area contributed by atoms with Crippen LogP contribution in [0.5, 0.6) is 5.75 Å². The van der Waals surface area contributed by atoms with Crippen LogP contribution in [0.25, 0.3) is 0 Å². The molecule has 0 atom stereocenters. The molecule has 13 heteroatoms. The molecule has 6 nitrogen and oxygen atoms in total. The Labute approximate surface area is 113 Å². The van der Waals surface area contributed by atoms with Crippen LogP contribution in [-0.2, 0) is 22.7 Å². The predicted octanol–water partition coefficient (Wildman–Crippen LogP) is 1.11. The maximum absolute atomic E-state index is 12.7. The molecule has 0 saturated carbocycles. The minimum absolute atomic E-state index is 0.381. The van der Waals surface area contributed by atoms with Crippen LogP contribution in [0.4, 0.5) is 26.3 Å². The number of halogens is 6. The van der Waals surface area contributed by atoms with Gasteiger partial charge in [0.05, 0.1) is 5.69 Å². The lowest BCUT2D eigenvalue weighted by Crippen LogP contribution is -2.25. The van der Waals surface area contributed by atoms with Gasteiger partial charge in [0.15, 0.2) is 11.4 Å². The smallest absolute Gasteiger partial charge is 0.402 e. The van der Waals surface area contributed by atoms with E-state index in [2.05, 4.69) is 14.9 Å². The van der Waals surface area contributed by atoms with Crippen molar-refractivity contribution in [2.24, 2.45) is 10.9 Å². The van der Waals surface area contributed by atoms with Gasteiger partial charge in [0.1, 0.15) is 4.90 Å². The molecule has 21 heavy (non-hydrogen) atoms. The highest BCUT2D eigenvalue weighted by atomic mass is 32.2. The van der Waals surface area contributed by atoms with Crippen molar-refractivity contribution in [2.45, 2.75) is 24.0 Å². The molecule has 1 aromatic rings. The van der Waals surface area contributed by atoms with Crippen molar-refractivity contribution in [3.8, 4) is 5.75 Å². The van der Waals surface area contributed by atoms with Crippen molar-refractivity contribution < 1.29 is 39.5 Å². The number of sulfonamides is 1. The van der Waals surface area contributed by atoms with Gasteiger partial charge >= 0.3 is 12.5 Å². The summed E-state index contributed by atoms with van der Waals surface area (Å²) >= 11 is 0. The van der Waals surface area contributed by atoms with Gasteiger partial charge in [-0.15, -0.1) is 13.2 Å². The van der Waals surface area contributed by atoms with E-state index in [1.54, 1.807) is 0 Å². The molecule has 0 aliphatic rings. The fourth-order valence-corrected chi connectivity index (χ4v) is 1.98. The maximum atomic E-state index is 12.7. The van der Waals surface area contributed by atoms with E-state index in [0.29, 0.717) is 6.07 Å². The van der Waals surface area contributed by atoms with Gasteiger partial charge in [-0.3, -0.25) is 0 Å². The van der Waals surface area contributed by atoms with E-state index in [-0.39, 0.29) is 0 Å². The van der Waals surface area contributed by atoms with E-state index in [9.17, 15) is 34.8 Å². The zero-order valence-electron chi connectivity index (χ0n) is 9.79. The first kappa shape index (κ1) is 17.5. The number of hydrogen-bond acceptors (Lipinski definition) is 5. The van der Waals surface area contributed by atoms with Gasteiger partial charge in [-0.1, -0.05) is 0 Å². The van der Waals surface area contributed by atoms with E-state index in [0.717, 1.165) is 0 Å². The van der Waals surface area contributed by atoms with E-state index in [1.165, 1.54) is 0 Å². The molecule has 120 valence electrons. The van der Waals surface area contributed by atoms with Gasteiger partial charge in [-0.05, 0) is 6.07 Å². The third-order valence-corrected chi connectivity index (χ3v) is 2.91. The maximum Gasteiger partial charge on any atom is 0.573 e. The molecule has 1 aromatic heterocycles. The molecule has 0 aromatic carbocycles. The lowest BCUT2D eigenvalue weighted by atomic mass is 10.2. The molecule has 1 rings (SSSR count). The van der Waals surface area contributed by atoms with Crippen LogP contribution >= 0.6 is 0 Å². The number of hydrogen-bond donors (Lipinski definition) is 2. The first-order valence-corrected chi connectivity index (χ1v) is 6.40. The Morgan fingerprint density at radius 2 is 1.71 bits per heavy atom. The van der Waals surface area contributed by atoms with Gasteiger partial charge < -0.3 is 10.5 Å². The number of aromatic nitrogens is 1. The number of nitrogens with two attached hydrogens (primary N) is 2. The molecule has 0 saturated heterocycles. The molecule has 0 fully saturated rings. The fourth-order valence-electron chi connectivity index (χ4n) is 1.28. The Kier molecular flexibility index (Phi) is 4.41. The van der Waals surface area contributed by atoms with Crippen molar-refractivity contribution in [3.05, 3.63) is 17.5 Å². The second-order valence-electron chi connectivity index (χ2n) is 3.58. The number of primary sulfonamides is 1. The zero-order chi connectivity index (χ0) is 16.6. The number of alkyl halides is 6. The second kappa shape index (κ2) is 5.31. The second-order valence-corrected chi connectivity index (χ2v) is 5.11. The van der Waals surface area contributed by atoms with Crippen molar-refractivity contribution >= 4 is 10.0 Å². The number of pyridine rings is 1. The van der Waals surface area contributed by atoms with Gasteiger partial charge in [0.25, 0.3) is 0 Å². The van der Waals surface area contributed by atoms with Gasteiger partial charge in [-0.25, -0.2) is 18.5 Å². The van der Waals surface area contributed by atoms with Crippen LogP contribution < -0.4 is 15.6 Å². The van der Waals surface area contributed by atoms with E-state index in [1.807, 2.05) is 0 Å². The lowest BCUT2D eigenvalue weighted by molar-refractivity contribution is -0.277. The highest BCUT2D eigenvalue weighted by molar-refractivity contribution is 7.89. The summed E-state index contributed by atoms with van der Waals surface area (Å²) in [4.78, 5) is 1.31. The quantitative estimate of drug-likeness (QED) is 0.802. The summed E-state index contributed by atoms with van der Waals surface area (Å²) in [6.45, 7) is -0.655. The summed E-state index contributed by atoms with van der Waals surface area (Å²) in [6, 6.07) is 0.381. The molecular formula is C8H7F6N3O3S. The summed E-state index contributed by atoms with van der Waals surface area (Å²) < 4.78 is 100. The molecule has 0 aliphatic heterocycles. The minimum atomic E-state index is -5.58. The molecule has 0 spiro atoms. The molecular weight excluding hydrogens is 332 g/mol. The SMILES string of the molecule is NCc1cc(S(N)(=O)=O)c(OC(F)(F)F)c(C(F)(F)F)n1. The highest BCUT2D eigenvalue weighted by Crippen LogP contribution is 2.40. The predicted molar refractivity (Wildman–Crippen MR) is 55.2 cm³/mol. The number of rotatable bonds is 3. The summed E-state index contributed by atoms with van der Waals surface area (Å²) in [6.07, 6.45) is -11.0. The Hall–Kier alpha value is -1.60. The van der Waals surface area contributed by atoms with Gasteiger partial charge in [0.2, 0.25) is 10.0 Å². The first-order valence-electron chi connectivity index (χ1n) is 4.85. The number of ether oxygens (including phenoxy) is 1. The Morgan fingerprint density at radius 3 is 2.05 bits per heavy atom. The van der Waals surface area contributed by atoms with E-state index < -0.39 is 51.1 Å². The average Bonchev–Trinajstić information content (AvgIpc) is 2.23. The molecule has 0 bridgehead atoms. The summed E-state index contributed by atoms with van der Waals surface area (Å²) in [5.74, 6) is -2.05. The Bertz CT molecular complexity index is 640. The third kappa shape index (κ3) is 4.44. The van der Waals surface area contributed by atoms with Crippen LogP contribution in [-0.4, -0.2) is 19.8 Å². The Balaban J connectivity index is 3.76. The topological polar surface area (TPSA) is 108 Å². The van der Waals surface area contributed by atoms with Crippen molar-refractivity contribution in [2.75, 3.05) is 0 Å². The molecule has 0 unspecified atom stereocenters. The largest absolute Gasteiger partial charge is 0.573 e. The monoisotopic (exact) mass is 339 g/mol.